The van der Waals surface area contributed by atoms with Crippen molar-refractivity contribution >= 4 is 22.7 Å². The average Bonchev–Trinajstić information content (AvgIpc) is 2.42. The van der Waals surface area contributed by atoms with Crippen LogP contribution >= 0.6 is 0 Å². The summed E-state index contributed by atoms with van der Waals surface area (Å²) in [7, 11) is 0. The van der Waals surface area contributed by atoms with Gasteiger partial charge in [-0.05, 0) is 19.1 Å². The van der Waals surface area contributed by atoms with Gasteiger partial charge in [-0.25, -0.2) is 4.68 Å². The van der Waals surface area contributed by atoms with Gasteiger partial charge in [-0.2, -0.15) is 0 Å². The Bertz CT molecular complexity index is 708. The molecule has 2 aromatic rings. The number of ketones is 1. The number of fused-ring (bicyclic) bond motifs is 1. The number of benzene rings is 1. The lowest BCUT2D eigenvalue weighted by atomic mass is 10.2. The Morgan fingerprint density at radius 2 is 2.05 bits per heavy atom. The maximum atomic E-state index is 12.1. The molecule has 7 nitrogen and oxygen atoms in total. The van der Waals surface area contributed by atoms with E-state index in [0.717, 1.165) is 4.68 Å². The van der Waals surface area contributed by atoms with Gasteiger partial charge in [0.2, 0.25) is 0 Å². The van der Waals surface area contributed by atoms with Crippen LogP contribution in [0, 0.1) is 0 Å². The van der Waals surface area contributed by atoms with Crippen molar-refractivity contribution in [3.05, 3.63) is 34.6 Å². The van der Waals surface area contributed by atoms with E-state index in [9.17, 15) is 14.4 Å². The Labute approximate surface area is 114 Å². The summed E-state index contributed by atoms with van der Waals surface area (Å²) in [5.41, 5.74) is 0.0550. The molecule has 1 heterocycles. The van der Waals surface area contributed by atoms with Gasteiger partial charge in [-0.3, -0.25) is 14.4 Å². The molecule has 0 aliphatic heterocycles. The Balaban J connectivity index is 2.18. The van der Waals surface area contributed by atoms with E-state index in [2.05, 4.69) is 15.0 Å². The normalized spacial score (nSPS) is 10.4. The number of ether oxygens (including phenoxy) is 1. The molecule has 104 valence electrons. The fraction of sp³-hybridized carbons (Fsp3) is 0.308. The lowest BCUT2D eigenvalue weighted by Crippen LogP contribution is -2.28. The van der Waals surface area contributed by atoms with E-state index in [1.54, 1.807) is 31.2 Å². The monoisotopic (exact) mass is 275 g/mol. The minimum absolute atomic E-state index is 0.210. The zero-order valence-corrected chi connectivity index (χ0v) is 10.9. The number of carbonyl (C=O) groups excluding carboxylic acids is 2. The first-order chi connectivity index (χ1) is 9.61. The van der Waals surface area contributed by atoms with E-state index in [1.165, 1.54) is 0 Å². The number of nitrogens with zero attached hydrogens (tertiary/aromatic N) is 3. The van der Waals surface area contributed by atoms with Gasteiger partial charge in [0.05, 0.1) is 12.0 Å². The number of esters is 1. The highest BCUT2D eigenvalue weighted by Gasteiger charge is 2.13. The topological polar surface area (TPSA) is 91.2 Å². The van der Waals surface area contributed by atoms with E-state index < -0.39 is 17.3 Å². The Morgan fingerprint density at radius 1 is 1.30 bits per heavy atom. The molecule has 2 rings (SSSR count). The first-order valence-electron chi connectivity index (χ1n) is 6.11. The third-order valence-corrected chi connectivity index (χ3v) is 2.60. The first kappa shape index (κ1) is 13.9. The quantitative estimate of drug-likeness (QED) is 0.576. The van der Waals surface area contributed by atoms with Crippen molar-refractivity contribution in [3.8, 4) is 0 Å². The molecule has 0 aliphatic carbocycles. The van der Waals surface area contributed by atoms with Crippen LogP contribution in [0.3, 0.4) is 0 Å². The molecule has 0 saturated heterocycles. The number of Topliss-reactive ketones (excluding diaryl/α,β-unsaturated/α-hetero) is 1. The van der Waals surface area contributed by atoms with Crippen LogP contribution in [-0.2, 0) is 20.9 Å². The molecule has 0 bridgehead atoms. The molecule has 7 heteroatoms. The van der Waals surface area contributed by atoms with Crippen LogP contribution in [0.25, 0.3) is 10.9 Å². The van der Waals surface area contributed by atoms with Crippen LogP contribution < -0.4 is 5.56 Å². The summed E-state index contributed by atoms with van der Waals surface area (Å²) in [5.74, 6) is -1.06. The molecule has 20 heavy (non-hydrogen) atoms. The maximum Gasteiger partial charge on any atom is 0.313 e. The molecule has 0 spiro atoms. The minimum atomic E-state index is -0.612. The molecule has 0 atom stereocenters. The number of aromatic nitrogens is 3. The van der Waals surface area contributed by atoms with Gasteiger partial charge in [0.15, 0.2) is 5.78 Å². The van der Waals surface area contributed by atoms with Gasteiger partial charge < -0.3 is 4.74 Å². The van der Waals surface area contributed by atoms with Gasteiger partial charge in [-0.1, -0.05) is 17.3 Å². The number of carbonyl (C=O) groups is 2. The van der Waals surface area contributed by atoms with Gasteiger partial charge in [0.1, 0.15) is 18.5 Å². The summed E-state index contributed by atoms with van der Waals surface area (Å²) >= 11 is 0. The predicted molar refractivity (Wildman–Crippen MR) is 70.1 cm³/mol. The van der Waals surface area contributed by atoms with Crippen LogP contribution in [0.5, 0.6) is 0 Å². The van der Waals surface area contributed by atoms with Gasteiger partial charge >= 0.3 is 5.97 Å². The number of rotatable bonds is 5. The molecule has 0 N–H and O–H groups in total. The van der Waals surface area contributed by atoms with Crippen molar-refractivity contribution in [2.75, 3.05) is 6.61 Å². The fourth-order valence-electron chi connectivity index (χ4n) is 1.72. The van der Waals surface area contributed by atoms with Crippen LogP contribution in [0.15, 0.2) is 29.1 Å². The van der Waals surface area contributed by atoms with Crippen molar-refractivity contribution in [3.63, 3.8) is 0 Å². The molecule has 1 aromatic heterocycles. The number of hydrogen-bond donors (Lipinski definition) is 0. The lowest BCUT2D eigenvalue weighted by molar-refractivity contribution is -0.145. The van der Waals surface area contributed by atoms with Crippen LogP contribution in [0.4, 0.5) is 0 Å². The van der Waals surface area contributed by atoms with Crippen LogP contribution in [0.2, 0.25) is 0 Å². The molecule has 0 radical (unpaired) electrons. The molecule has 0 unspecified atom stereocenters. The molecule has 0 fully saturated rings. The Hall–Kier alpha value is -2.57. The molecule has 1 aromatic carbocycles. The van der Waals surface area contributed by atoms with E-state index in [1.807, 2.05) is 0 Å². The van der Waals surface area contributed by atoms with Crippen LogP contribution in [-0.4, -0.2) is 33.4 Å². The highest BCUT2D eigenvalue weighted by molar-refractivity contribution is 5.95. The molecule has 0 amide bonds. The summed E-state index contributed by atoms with van der Waals surface area (Å²) in [6.07, 6.45) is -0.380. The highest BCUT2D eigenvalue weighted by atomic mass is 16.5. The van der Waals surface area contributed by atoms with Crippen molar-refractivity contribution in [2.24, 2.45) is 0 Å². The third kappa shape index (κ3) is 3.05. The summed E-state index contributed by atoms with van der Waals surface area (Å²) < 4.78 is 5.62. The molecular weight excluding hydrogens is 262 g/mol. The first-order valence-corrected chi connectivity index (χ1v) is 6.11. The minimum Gasteiger partial charge on any atom is -0.466 e. The SMILES string of the molecule is CCOC(=O)CC(=O)Cn1nnc2ccccc2c1=O. The van der Waals surface area contributed by atoms with E-state index in [4.69, 9.17) is 0 Å². The van der Waals surface area contributed by atoms with E-state index >= 15 is 0 Å². The second-order valence-corrected chi connectivity index (χ2v) is 4.09. The van der Waals surface area contributed by atoms with Crippen molar-refractivity contribution in [1.29, 1.82) is 0 Å². The zero-order chi connectivity index (χ0) is 14.5. The molecule has 0 aliphatic rings. The summed E-state index contributed by atoms with van der Waals surface area (Å²) in [6, 6.07) is 6.72. The second-order valence-electron chi connectivity index (χ2n) is 4.09. The van der Waals surface area contributed by atoms with Gasteiger partial charge in [0.25, 0.3) is 5.56 Å². The van der Waals surface area contributed by atoms with Gasteiger partial charge in [-0.15, -0.1) is 5.10 Å². The zero-order valence-electron chi connectivity index (χ0n) is 10.9. The maximum absolute atomic E-state index is 12.1. The Kier molecular flexibility index (Phi) is 4.19. The lowest BCUT2D eigenvalue weighted by Gasteiger charge is -2.04. The van der Waals surface area contributed by atoms with Crippen molar-refractivity contribution < 1.29 is 14.3 Å². The summed E-state index contributed by atoms with van der Waals surface area (Å²) in [5, 5.41) is 7.92. The number of hydrogen-bond acceptors (Lipinski definition) is 6. The summed E-state index contributed by atoms with van der Waals surface area (Å²) in [6.45, 7) is 1.57. The second kappa shape index (κ2) is 6.05. The average molecular weight is 275 g/mol. The van der Waals surface area contributed by atoms with E-state index in [0.29, 0.717) is 10.9 Å². The third-order valence-electron chi connectivity index (χ3n) is 2.60. The largest absolute Gasteiger partial charge is 0.466 e. The van der Waals surface area contributed by atoms with Crippen LogP contribution in [0.1, 0.15) is 13.3 Å². The van der Waals surface area contributed by atoms with Crippen molar-refractivity contribution in [1.82, 2.24) is 15.0 Å². The molecular formula is C13H13N3O4. The predicted octanol–water partition coefficient (Wildman–Crippen LogP) is 0.314. The Morgan fingerprint density at radius 3 is 2.80 bits per heavy atom. The van der Waals surface area contributed by atoms with E-state index in [-0.39, 0.29) is 19.6 Å². The highest BCUT2D eigenvalue weighted by Crippen LogP contribution is 2.03. The fourth-order valence-corrected chi connectivity index (χ4v) is 1.72. The molecule has 0 saturated carbocycles. The standard InChI is InChI=1S/C13H13N3O4/c1-2-20-12(18)7-9(17)8-16-13(19)10-5-3-4-6-11(10)14-15-16/h3-6H,2,7-8H2,1H3. The van der Waals surface area contributed by atoms with Crippen molar-refractivity contribution in [2.45, 2.75) is 19.9 Å². The van der Waals surface area contributed by atoms with Gasteiger partial charge in [0, 0.05) is 0 Å². The smallest absolute Gasteiger partial charge is 0.313 e. The summed E-state index contributed by atoms with van der Waals surface area (Å²) in [4.78, 5) is 34.9.